The molecule has 2 aliphatic rings. The van der Waals surface area contributed by atoms with Crippen LogP contribution in [0.2, 0.25) is 5.02 Å². The zero-order chi connectivity index (χ0) is 20.0. The Kier molecular flexibility index (Phi) is 4.71. The highest BCUT2D eigenvalue weighted by molar-refractivity contribution is 6.34. The van der Waals surface area contributed by atoms with Gasteiger partial charge in [0.1, 0.15) is 5.84 Å². The van der Waals surface area contributed by atoms with Crippen LogP contribution in [0.15, 0.2) is 29.5 Å². The number of imidazole rings is 1. The Balaban J connectivity index is 1.81. The third kappa shape index (κ3) is 2.99. The minimum atomic E-state index is -0.251. The molecule has 3 heterocycles. The predicted octanol–water partition coefficient (Wildman–Crippen LogP) is 2.87. The molecule has 1 aromatic heterocycles. The lowest BCUT2D eigenvalue weighted by atomic mass is 10.1. The number of carbonyl (C=O) groups is 2. The number of hydrogen-bond acceptors (Lipinski definition) is 3. The van der Waals surface area contributed by atoms with Gasteiger partial charge in [-0.05, 0) is 31.9 Å². The molecule has 0 saturated carbocycles. The van der Waals surface area contributed by atoms with Gasteiger partial charge in [0, 0.05) is 20.6 Å². The van der Waals surface area contributed by atoms with Crippen molar-refractivity contribution in [1.29, 1.82) is 0 Å². The van der Waals surface area contributed by atoms with Gasteiger partial charge in [-0.15, -0.1) is 0 Å². The van der Waals surface area contributed by atoms with E-state index >= 15 is 0 Å². The Hall–Kier alpha value is -2.67. The second kappa shape index (κ2) is 7.05. The molecular weight excluding hydrogens is 378 g/mol. The molecule has 0 radical (unpaired) electrons. The highest BCUT2D eigenvalue weighted by atomic mass is 35.5. The van der Waals surface area contributed by atoms with Gasteiger partial charge >= 0.3 is 0 Å². The van der Waals surface area contributed by atoms with Gasteiger partial charge in [-0.25, -0.2) is 9.98 Å². The molecule has 0 bridgehead atoms. The molecular formula is C20H22ClN5O2. The van der Waals surface area contributed by atoms with Crippen LogP contribution in [0, 0.1) is 0 Å². The number of hydrogen-bond donors (Lipinski definition) is 0. The second-order valence-electron chi connectivity index (χ2n) is 7.36. The van der Waals surface area contributed by atoms with Crippen LogP contribution in [-0.4, -0.2) is 57.6 Å². The van der Waals surface area contributed by atoms with Crippen LogP contribution >= 0.6 is 11.6 Å². The Morgan fingerprint density at radius 3 is 2.93 bits per heavy atom. The molecule has 2 aromatic rings. The molecule has 0 aliphatic carbocycles. The van der Waals surface area contributed by atoms with Crippen LogP contribution in [0.4, 0.5) is 0 Å². The molecule has 1 atom stereocenters. The number of amides is 2. The maximum absolute atomic E-state index is 13.2. The van der Waals surface area contributed by atoms with Gasteiger partial charge in [-0.1, -0.05) is 17.7 Å². The fraction of sp³-hybridized carbons (Fsp3) is 0.400. The van der Waals surface area contributed by atoms with Crippen molar-refractivity contribution < 1.29 is 9.59 Å². The average Bonchev–Trinajstić information content (AvgIpc) is 3.25. The summed E-state index contributed by atoms with van der Waals surface area (Å²) >= 11 is 6.39. The van der Waals surface area contributed by atoms with Gasteiger partial charge in [-0.2, -0.15) is 0 Å². The van der Waals surface area contributed by atoms with E-state index in [2.05, 4.69) is 9.98 Å². The number of fused-ring (bicyclic) bond motifs is 5. The van der Waals surface area contributed by atoms with Crippen LogP contribution in [0.5, 0.6) is 0 Å². The summed E-state index contributed by atoms with van der Waals surface area (Å²) in [6, 6.07) is 5.31. The van der Waals surface area contributed by atoms with Crippen LogP contribution < -0.4 is 0 Å². The quantitative estimate of drug-likeness (QED) is 0.575. The largest absolute Gasteiger partial charge is 0.366 e. The molecule has 0 N–H and O–H groups in total. The lowest BCUT2D eigenvalue weighted by molar-refractivity contribution is -0.117. The summed E-state index contributed by atoms with van der Waals surface area (Å²) in [6.45, 7) is 2.46. The van der Waals surface area contributed by atoms with Crippen molar-refractivity contribution in [2.75, 3.05) is 20.6 Å². The molecule has 8 heteroatoms. The summed E-state index contributed by atoms with van der Waals surface area (Å²) in [7, 11) is 3.69. The normalized spacial score (nSPS) is 18.4. The van der Waals surface area contributed by atoms with Crippen molar-refractivity contribution in [1.82, 2.24) is 19.4 Å². The number of benzene rings is 1. The first-order chi connectivity index (χ1) is 13.4. The third-order valence-electron chi connectivity index (χ3n) is 5.43. The number of aromatic nitrogens is 2. The molecule has 0 unspecified atom stereocenters. The van der Waals surface area contributed by atoms with E-state index in [1.807, 2.05) is 35.7 Å². The molecule has 7 nitrogen and oxygen atoms in total. The third-order valence-corrected chi connectivity index (χ3v) is 5.75. The smallest absolute Gasteiger partial charge is 0.258 e. The lowest BCUT2D eigenvalue weighted by Crippen LogP contribution is -2.30. The molecule has 146 valence electrons. The van der Waals surface area contributed by atoms with Crippen LogP contribution in [0.25, 0.3) is 5.69 Å². The lowest BCUT2D eigenvalue weighted by Gasteiger charge is -2.23. The monoisotopic (exact) mass is 399 g/mol. The first kappa shape index (κ1) is 18.7. The molecule has 2 aliphatic heterocycles. The van der Waals surface area contributed by atoms with Crippen molar-refractivity contribution in [2.24, 2.45) is 4.99 Å². The van der Waals surface area contributed by atoms with Gasteiger partial charge in [0.15, 0.2) is 0 Å². The molecule has 28 heavy (non-hydrogen) atoms. The minimum Gasteiger partial charge on any atom is -0.366 e. The highest BCUT2D eigenvalue weighted by Gasteiger charge is 2.39. The number of aliphatic imine (C=N–C) groups is 1. The fourth-order valence-electron chi connectivity index (χ4n) is 3.90. The number of carbonyl (C=O) groups excluding carboxylic acids is 2. The van der Waals surface area contributed by atoms with Crippen molar-refractivity contribution in [3.8, 4) is 5.69 Å². The van der Waals surface area contributed by atoms with Crippen molar-refractivity contribution >= 4 is 29.3 Å². The zero-order valence-electron chi connectivity index (χ0n) is 16.1. The second-order valence-corrected chi connectivity index (χ2v) is 7.77. The summed E-state index contributed by atoms with van der Waals surface area (Å²) in [5.74, 6) is 0.329. The van der Waals surface area contributed by atoms with Crippen LogP contribution in [0.3, 0.4) is 0 Å². The summed E-state index contributed by atoms with van der Waals surface area (Å²) in [6.07, 6.45) is 3.53. The summed E-state index contributed by atoms with van der Waals surface area (Å²) in [4.78, 5) is 38.0. The van der Waals surface area contributed by atoms with Crippen molar-refractivity contribution in [3.05, 3.63) is 46.5 Å². The molecule has 0 spiro atoms. The van der Waals surface area contributed by atoms with Crippen LogP contribution in [0.1, 0.15) is 47.6 Å². The fourth-order valence-corrected chi connectivity index (χ4v) is 4.15. The Labute approximate surface area is 168 Å². The molecule has 4 rings (SSSR count). The van der Waals surface area contributed by atoms with Crippen molar-refractivity contribution in [3.63, 3.8) is 0 Å². The topological polar surface area (TPSA) is 70.8 Å². The maximum atomic E-state index is 13.2. The van der Waals surface area contributed by atoms with Gasteiger partial charge in [0.05, 0.1) is 46.5 Å². The highest BCUT2D eigenvalue weighted by Crippen LogP contribution is 2.41. The van der Waals surface area contributed by atoms with Crippen LogP contribution in [-0.2, 0) is 11.2 Å². The summed E-state index contributed by atoms with van der Waals surface area (Å²) < 4.78 is 1.92. The predicted molar refractivity (Wildman–Crippen MR) is 107 cm³/mol. The Morgan fingerprint density at radius 2 is 2.18 bits per heavy atom. The number of rotatable bonds is 2. The first-order valence-electron chi connectivity index (χ1n) is 9.30. The number of amidine groups is 1. The van der Waals surface area contributed by atoms with Gasteiger partial charge in [0.25, 0.3) is 11.8 Å². The maximum Gasteiger partial charge on any atom is 0.258 e. The minimum absolute atomic E-state index is 0.0643. The molecule has 1 aromatic carbocycles. The number of nitrogens with zero attached hydrogens (tertiary/aromatic N) is 5. The van der Waals surface area contributed by atoms with E-state index in [0.717, 1.165) is 18.5 Å². The number of halogens is 1. The van der Waals surface area contributed by atoms with E-state index < -0.39 is 0 Å². The molecule has 2 amide bonds. The van der Waals surface area contributed by atoms with E-state index in [4.69, 9.17) is 11.6 Å². The van der Waals surface area contributed by atoms with Gasteiger partial charge in [-0.3, -0.25) is 14.2 Å². The molecule has 1 saturated heterocycles. The SMILES string of the molecule is CC(=NC(=O)Cc1ncn2c1[C@@H]1CCCN1C(=O)c1c(Cl)cccc1-2)N(C)C. The van der Waals surface area contributed by atoms with E-state index in [-0.39, 0.29) is 24.3 Å². The van der Waals surface area contributed by atoms with Gasteiger partial charge < -0.3 is 9.80 Å². The summed E-state index contributed by atoms with van der Waals surface area (Å²) in [5.41, 5.74) is 2.75. The summed E-state index contributed by atoms with van der Waals surface area (Å²) in [5, 5.41) is 0.429. The molecule has 1 fully saturated rings. The van der Waals surface area contributed by atoms with E-state index in [1.54, 1.807) is 24.2 Å². The van der Waals surface area contributed by atoms with E-state index in [1.165, 1.54) is 0 Å². The zero-order valence-corrected chi connectivity index (χ0v) is 16.9. The van der Waals surface area contributed by atoms with E-state index in [9.17, 15) is 9.59 Å². The Bertz CT molecular complexity index is 994. The van der Waals surface area contributed by atoms with Crippen molar-refractivity contribution in [2.45, 2.75) is 32.2 Å². The average molecular weight is 400 g/mol. The standard InChI is InChI=1S/C20H22ClN5O2/c1-12(24(2)3)23-17(27)10-14-19-16-8-5-9-25(16)20(28)18-13(21)6-4-7-15(18)26(19)11-22-14/h4,6-7,11,16H,5,8-10H2,1-3H3/t16-/m0/s1. The van der Waals surface area contributed by atoms with E-state index in [0.29, 0.717) is 34.3 Å². The first-order valence-corrected chi connectivity index (χ1v) is 9.67. The van der Waals surface area contributed by atoms with Gasteiger partial charge in [0.2, 0.25) is 0 Å². The Morgan fingerprint density at radius 1 is 1.39 bits per heavy atom.